The van der Waals surface area contributed by atoms with Gasteiger partial charge >= 0.3 is 5.97 Å². The SMILES string of the molecule is COC(=O)Cn1nc(C(C)C)c(-c2cccc(F)c2)c(C(F)F)c1=O. The van der Waals surface area contributed by atoms with Crippen LogP contribution in [0.25, 0.3) is 11.1 Å². The Balaban J connectivity index is 2.83. The zero-order valence-electron chi connectivity index (χ0n) is 13.9. The van der Waals surface area contributed by atoms with Crippen molar-refractivity contribution in [3.63, 3.8) is 0 Å². The molecule has 0 fully saturated rings. The molecule has 0 aliphatic rings. The van der Waals surface area contributed by atoms with Gasteiger partial charge in [-0.15, -0.1) is 0 Å². The lowest BCUT2D eigenvalue weighted by Gasteiger charge is -2.18. The number of halogens is 3. The predicted octanol–water partition coefficient (Wildman–Crippen LogP) is 3.28. The molecule has 0 amide bonds. The summed E-state index contributed by atoms with van der Waals surface area (Å²) in [5.41, 5.74) is -1.72. The number of carbonyl (C=O) groups excluding carboxylic acids is 1. The van der Waals surface area contributed by atoms with Gasteiger partial charge in [-0.25, -0.2) is 17.9 Å². The molecule has 0 atom stereocenters. The van der Waals surface area contributed by atoms with Crippen molar-refractivity contribution in [1.29, 1.82) is 0 Å². The van der Waals surface area contributed by atoms with Crippen LogP contribution in [0, 0.1) is 5.82 Å². The Morgan fingerprint density at radius 2 is 2.00 bits per heavy atom. The zero-order valence-corrected chi connectivity index (χ0v) is 13.9. The van der Waals surface area contributed by atoms with Crippen LogP contribution < -0.4 is 5.56 Å². The number of carbonyl (C=O) groups is 1. The highest BCUT2D eigenvalue weighted by Crippen LogP contribution is 2.34. The molecular weight excluding hydrogens is 337 g/mol. The molecule has 1 aromatic heterocycles. The van der Waals surface area contributed by atoms with E-state index in [0.29, 0.717) is 4.68 Å². The Kier molecular flexibility index (Phi) is 5.61. The summed E-state index contributed by atoms with van der Waals surface area (Å²) in [5.74, 6) is -1.76. The number of esters is 1. The predicted molar refractivity (Wildman–Crippen MR) is 85.0 cm³/mol. The van der Waals surface area contributed by atoms with Crippen molar-refractivity contribution in [2.24, 2.45) is 0 Å². The molecule has 1 heterocycles. The van der Waals surface area contributed by atoms with Crippen molar-refractivity contribution in [2.45, 2.75) is 32.7 Å². The quantitative estimate of drug-likeness (QED) is 0.773. The standard InChI is InChI=1S/C17H17F3N2O3/c1-9(2)15-13(10-5-4-6-11(18)7-10)14(16(19)20)17(24)22(21-15)8-12(23)25-3/h4-7,9,16H,8H2,1-3H3. The molecule has 0 aliphatic carbocycles. The summed E-state index contributed by atoms with van der Waals surface area (Å²) in [4.78, 5) is 23.9. The van der Waals surface area contributed by atoms with Gasteiger partial charge in [-0.05, 0) is 23.6 Å². The molecule has 25 heavy (non-hydrogen) atoms. The highest BCUT2D eigenvalue weighted by Gasteiger charge is 2.27. The molecule has 0 saturated carbocycles. The van der Waals surface area contributed by atoms with Crippen molar-refractivity contribution < 1.29 is 22.7 Å². The first-order chi connectivity index (χ1) is 11.8. The van der Waals surface area contributed by atoms with Crippen molar-refractivity contribution in [2.75, 3.05) is 7.11 Å². The van der Waals surface area contributed by atoms with E-state index < -0.39 is 35.9 Å². The smallest absolute Gasteiger partial charge is 0.327 e. The third-order valence-electron chi connectivity index (χ3n) is 3.60. The lowest BCUT2D eigenvalue weighted by molar-refractivity contribution is -0.141. The molecule has 0 radical (unpaired) electrons. The monoisotopic (exact) mass is 354 g/mol. The highest BCUT2D eigenvalue weighted by atomic mass is 19.3. The number of hydrogen-bond donors (Lipinski definition) is 0. The topological polar surface area (TPSA) is 61.2 Å². The van der Waals surface area contributed by atoms with E-state index in [-0.39, 0.29) is 22.7 Å². The minimum Gasteiger partial charge on any atom is -0.468 e. The van der Waals surface area contributed by atoms with Crippen molar-refractivity contribution >= 4 is 5.97 Å². The van der Waals surface area contributed by atoms with E-state index in [1.165, 1.54) is 18.2 Å². The molecule has 0 spiro atoms. The second kappa shape index (κ2) is 7.50. The molecule has 134 valence electrons. The van der Waals surface area contributed by atoms with E-state index in [9.17, 15) is 22.8 Å². The van der Waals surface area contributed by atoms with Crippen LogP contribution in [0.5, 0.6) is 0 Å². The molecule has 0 aliphatic heterocycles. The van der Waals surface area contributed by atoms with Crippen LogP contribution >= 0.6 is 0 Å². The number of methoxy groups -OCH3 is 1. The molecular formula is C17H17F3N2O3. The van der Waals surface area contributed by atoms with Gasteiger partial charge in [0.1, 0.15) is 12.4 Å². The fraction of sp³-hybridized carbons (Fsp3) is 0.353. The maximum absolute atomic E-state index is 13.7. The van der Waals surface area contributed by atoms with E-state index in [4.69, 9.17) is 0 Å². The first-order valence-electron chi connectivity index (χ1n) is 7.52. The Bertz CT molecular complexity index is 848. The summed E-state index contributed by atoms with van der Waals surface area (Å²) < 4.78 is 46.0. The van der Waals surface area contributed by atoms with Gasteiger partial charge in [-0.1, -0.05) is 26.0 Å². The maximum Gasteiger partial charge on any atom is 0.327 e. The molecule has 0 N–H and O–H groups in total. The van der Waals surface area contributed by atoms with Gasteiger partial charge < -0.3 is 4.74 Å². The molecule has 1 aromatic carbocycles. The number of rotatable bonds is 5. The fourth-order valence-electron chi connectivity index (χ4n) is 2.46. The number of aromatic nitrogens is 2. The first-order valence-corrected chi connectivity index (χ1v) is 7.52. The van der Waals surface area contributed by atoms with Gasteiger partial charge in [0.2, 0.25) is 0 Å². The average Bonchev–Trinajstić information content (AvgIpc) is 2.55. The first kappa shape index (κ1) is 18.7. The molecule has 5 nitrogen and oxygen atoms in total. The van der Waals surface area contributed by atoms with Gasteiger partial charge in [0.25, 0.3) is 12.0 Å². The fourth-order valence-corrected chi connectivity index (χ4v) is 2.46. The number of hydrogen-bond acceptors (Lipinski definition) is 4. The van der Waals surface area contributed by atoms with Crippen LogP contribution in [0.2, 0.25) is 0 Å². The Morgan fingerprint density at radius 3 is 2.52 bits per heavy atom. The summed E-state index contributed by atoms with van der Waals surface area (Å²) in [5, 5.41) is 4.06. The van der Waals surface area contributed by atoms with Crippen LogP contribution in [-0.4, -0.2) is 22.9 Å². The van der Waals surface area contributed by atoms with Gasteiger partial charge in [0, 0.05) is 5.56 Å². The number of alkyl halides is 2. The average molecular weight is 354 g/mol. The van der Waals surface area contributed by atoms with Crippen LogP contribution in [-0.2, 0) is 16.1 Å². The summed E-state index contributed by atoms with van der Waals surface area (Å²) in [6.07, 6.45) is -3.12. The molecule has 2 rings (SSSR count). The van der Waals surface area contributed by atoms with Crippen LogP contribution in [0.4, 0.5) is 13.2 Å². The Hall–Kier alpha value is -2.64. The van der Waals surface area contributed by atoms with Gasteiger partial charge in [-0.3, -0.25) is 9.59 Å². The van der Waals surface area contributed by atoms with Crippen LogP contribution in [0.15, 0.2) is 29.1 Å². The zero-order chi connectivity index (χ0) is 18.7. The summed E-state index contributed by atoms with van der Waals surface area (Å²) in [6, 6.07) is 5.04. The minimum atomic E-state index is -3.12. The van der Waals surface area contributed by atoms with Crippen LogP contribution in [0.3, 0.4) is 0 Å². The van der Waals surface area contributed by atoms with Crippen LogP contribution in [0.1, 0.15) is 37.4 Å². The van der Waals surface area contributed by atoms with Crippen molar-refractivity contribution in [1.82, 2.24) is 9.78 Å². The van der Waals surface area contributed by atoms with Crippen molar-refractivity contribution in [3.05, 3.63) is 51.7 Å². The number of ether oxygens (including phenoxy) is 1. The summed E-state index contributed by atoms with van der Waals surface area (Å²) >= 11 is 0. The molecule has 0 bridgehead atoms. The van der Waals surface area contributed by atoms with E-state index in [1.807, 2.05) is 0 Å². The molecule has 8 heteroatoms. The Labute approximate surface area is 142 Å². The van der Waals surface area contributed by atoms with Gasteiger partial charge in [0.05, 0.1) is 18.4 Å². The second-order valence-corrected chi connectivity index (χ2v) is 5.68. The van der Waals surface area contributed by atoms with E-state index in [0.717, 1.165) is 13.2 Å². The van der Waals surface area contributed by atoms with E-state index in [2.05, 4.69) is 9.84 Å². The summed E-state index contributed by atoms with van der Waals surface area (Å²) in [6.45, 7) is 2.82. The molecule has 0 saturated heterocycles. The largest absolute Gasteiger partial charge is 0.468 e. The third kappa shape index (κ3) is 3.89. The Morgan fingerprint density at radius 1 is 1.32 bits per heavy atom. The number of nitrogens with zero attached hydrogens (tertiary/aromatic N) is 2. The number of benzene rings is 1. The lowest BCUT2D eigenvalue weighted by Crippen LogP contribution is -2.32. The van der Waals surface area contributed by atoms with E-state index >= 15 is 0 Å². The van der Waals surface area contributed by atoms with Crippen molar-refractivity contribution in [3.8, 4) is 11.1 Å². The maximum atomic E-state index is 13.7. The van der Waals surface area contributed by atoms with E-state index in [1.54, 1.807) is 13.8 Å². The highest BCUT2D eigenvalue weighted by molar-refractivity contribution is 5.71. The normalized spacial score (nSPS) is 11.2. The third-order valence-corrected chi connectivity index (χ3v) is 3.60. The van der Waals surface area contributed by atoms with Gasteiger partial charge in [-0.2, -0.15) is 5.10 Å². The lowest BCUT2D eigenvalue weighted by atomic mass is 9.94. The second-order valence-electron chi connectivity index (χ2n) is 5.68. The summed E-state index contributed by atoms with van der Waals surface area (Å²) in [7, 11) is 1.12. The molecule has 0 unspecified atom stereocenters. The minimum absolute atomic E-state index is 0.101. The molecule has 2 aromatic rings. The van der Waals surface area contributed by atoms with Gasteiger partial charge in [0.15, 0.2) is 0 Å².